The number of quaternary nitrogens is 1. The molecule has 2 heterocycles. The van der Waals surface area contributed by atoms with Crippen molar-refractivity contribution in [3.05, 3.63) is 59.7 Å². The number of carbonyl (C=O) groups excluding carboxylic acids is 1. The van der Waals surface area contributed by atoms with Gasteiger partial charge in [-0.3, -0.25) is 14.7 Å². The van der Waals surface area contributed by atoms with Crippen LogP contribution in [-0.4, -0.2) is 22.9 Å². The smallest absolute Gasteiger partial charge is 0.232 e. The van der Waals surface area contributed by atoms with Gasteiger partial charge in [-0.25, -0.2) is 4.98 Å². The summed E-state index contributed by atoms with van der Waals surface area (Å²) >= 11 is 1.46. The molecule has 5 nitrogen and oxygen atoms in total. The number of thiazole rings is 1. The first-order valence-corrected chi connectivity index (χ1v) is 8.05. The molecule has 1 aromatic carbocycles. The Morgan fingerprint density at radius 3 is 2.57 bits per heavy atom. The third kappa shape index (κ3) is 3.61. The Kier molecular flexibility index (Phi) is 4.45. The number of anilines is 1. The molecular formula is C17H17N4OS+. The van der Waals surface area contributed by atoms with Gasteiger partial charge in [0, 0.05) is 30.4 Å². The fourth-order valence-corrected chi connectivity index (χ4v) is 2.95. The van der Waals surface area contributed by atoms with Gasteiger partial charge in [-0.05, 0) is 29.8 Å². The van der Waals surface area contributed by atoms with Crippen molar-refractivity contribution >= 4 is 28.1 Å². The van der Waals surface area contributed by atoms with Gasteiger partial charge in [-0.2, -0.15) is 0 Å². The summed E-state index contributed by atoms with van der Waals surface area (Å²) < 4.78 is 0. The molecule has 116 valence electrons. The molecule has 0 spiro atoms. The number of amides is 1. The minimum atomic E-state index is 0.0115. The molecule has 0 saturated heterocycles. The summed E-state index contributed by atoms with van der Waals surface area (Å²) in [4.78, 5) is 22.6. The standard InChI is InChI=1S/C17H16N4OS/c1-21(16(22)10-12-2-4-14(18)5-3-12)17-20-15(11-23-17)13-6-8-19-9-7-13/h2-9,11H,10,18H2,1H3/p+1. The van der Waals surface area contributed by atoms with E-state index in [0.717, 1.165) is 22.5 Å². The Hall–Kier alpha value is -2.57. The van der Waals surface area contributed by atoms with Crippen LogP contribution in [0.2, 0.25) is 0 Å². The summed E-state index contributed by atoms with van der Waals surface area (Å²) in [5.41, 5.74) is 7.61. The lowest BCUT2D eigenvalue weighted by molar-refractivity contribution is -0.254. The maximum atomic E-state index is 12.4. The number of hydrogen-bond acceptors (Lipinski definition) is 4. The summed E-state index contributed by atoms with van der Waals surface area (Å²) in [6.07, 6.45) is 3.81. The fourth-order valence-electron chi connectivity index (χ4n) is 2.13. The maximum absolute atomic E-state index is 12.4. The Morgan fingerprint density at radius 1 is 1.17 bits per heavy atom. The van der Waals surface area contributed by atoms with Gasteiger partial charge in [0.15, 0.2) is 5.13 Å². The van der Waals surface area contributed by atoms with Crippen molar-refractivity contribution in [3.63, 3.8) is 0 Å². The van der Waals surface area contributed by atoms with E-state index in [1.54, 1.807) is 24.3 Å². The normalized spacial score (nSPS) is 10.5. The minimum Gasteiger partial charge on any atom is -0.325 e. The van der Waals surface area contributed by atoms with Crippen molar-refractivity contribution < 1.29 is 10.5 Å². The van der Waals surface area contributed by atoms with E-state index in [1.165, 1.54) is 11.3 Å². The third-order valence-electron chi connectivity index (χ3n) is 3.51. The first-order valence-electron chi connectivity index (χ1n) is 7.17. The summed E-state index contributed by atoms with van der Waals surface area (Å²) in [5, 5.41) is 2.64. The molecule has 0 fully saturated rings. The lowest BCUT2D eigenvalue weighted by Gasteiger charge is -2.13. The number of benzene rings is 1. The van der Waals surface area contributed by atoms with E-state index in [-0.39, 0.29) is 5.91 Å². The second-order valence-corrected chi connectivity index (χ2v) is 6.03. The van der Waals surface area contributed by atoms with E-state index in [1.807, 2.05) is 41.8 Å². The van der Waals surface area contributed by atoms with Crippen LogP contribution >= 0.6 is 11.3 Å². The van der Waals surface area contributed by atoms with Gasteiger partial charge in [0.25, 0.3) is 0 Å². The molecule has 0 saturated carbocycles. The van der Waals surface area contributed by atoms with Gasteiger partial charge in [-0.1, -0.05) is 12.1 Å². The van der Waals surface area contributed by atoms with Crippen LogP contribution in [0.3, 0.4) is 0 Å². The molecule has 3 aromatic rings. The predicted octanol–water partition coefficient (Wildman–Crippen LogP) is 2.28. The van der Waals surface area contributed by atoms with E-state index >= 15 is 0 Å². The van der Waals surface area contributed by atoms with Crippen molar-refractivity contribution in [1.82, 2.24) is 9.97 Å². The number of likely N-dealkylation sites (N-methyl/N-ethyl adjacent to an activating group) is 1. The van der Waals surface area contributed by atoms with Crippen LogP contribution in [0.1, 0.15) is 5.56 Å². The molecule has 23 heavy (non-hydrogen) atoms. The minimum absolute atomic E-state index is 0.0115. The number of aromatic nitrogens is 2. The zero-order chi connectivity index (χ0) is 16.2. The van der Waals surface area contributed by atoms with Gasteiger partial charge >= 0.3 is 0 Å². The van der Waals surface area contributed by atoms with E-state index in [4.69, 9.17) is 0 Å². The van der Waals surface area contributed by atoms with Gasteiger partial charge in [0.1, 0.15) is 5.69 Å². The molecule has 0 aliphatic carbocycles. The number of rotatable bonds is 4. The third-order valence-corrected chi connectivity index (χ3v) is 4.42. The second kappa shape index (κ2) is 6.68. The molecule has 0 bridgehead atoms. The number of hydrogen-bond donors (Lipinski definition) is 1. The molecule has 6 heteroatoms. The number of carbonyl (C=O) groups is 1. The Morgan fingerprint density at radius 2 is 1.87 bits per heavy atom. The predicted molar refractivity (Wildman–Crippen MR) is 91.4 cm³/mol. The van der Waals surface area contributed by atoms with E-state index in [9.17, 15) is 4.79 Å². The van der Waals surface area contributed by atoms with Gasteiger partial charge in [0.2, 0.25) is 5.91 Å². The average Bonchev–Trinajstić information content (AvgIpc) is 3.07. The van der Waals surface area contributed by atoms with Crippen molar-refractivity contribution in [2.75, 3.05) is 11.9 Å². The van der Waals surface area contributed by atoms with Crippen LogP contribution in [0.15, 0.2) is 54.2 Å². The first kappa shape index (κ1) is 15.3. The highest BCUT2D eigenvalue weighted by Crippen LogP contribution is 2.26. The highest BCUT2D eigenvalue weighted by Gasteiger charge is 2.15. The van der Waals surface area contributed by atoms with Crippen LogP contribution < -0.4 is 10.6 Å². The van der Waals surface area contributed by atoms with Gasteiger partial charge < -0.3 is 5.73 Å². The highest BCUT2D eigenvalue weighted by molar-refractivity contribution is 7.14. The van der Waals surface area contributed by atoms with Gasteiger partial charge in [0.05, 0.1) is 12.1 Å². The molecule has 3 N–H and O–H groups in total. The Bertz CT molecular complexity index is 799. The topological polar surface area (TPSA) is 73.7 Å². The number of pyridine rings is 1. The largest absolute Gasteiger partial charge is 0.325 e. The molecule has 0 aliphatic heterocycles. The lowest BCUT2D eigenvalue weighted by atomic mass is 10.1. The SMILES string of the molecule is CN(C(=O)Cc1ccc([NH3+])cc1)c1nc(-c2ccncc2)cs1. The fraction of sp³-hybridized carbons (Fsp3) is 0.118. The highest BCUT2D eigenvalue weighted by atomic mass is 32.1. The van der Waals surface area contributed by atoms with Crippen LogP contribution in [0, 0.1) is 0 Å². The summed E-state index contributed by atoms with van der Waals surface area (Å²) in [6, 6.07) is 11.5. The van der Waals surface area contributed by atoms with Crippen molar-refractivity contribution in [2.45, 2.75) is 6.42 Å². The van der Waals surface area contributed by atoms with Crippen LogP contribution in [0.25, 0.3) is 11.3 Å². The molecule has 0 atom stereocenters. The van der Waals surface area contributed by atoms with Crippen molar-refractivity contribution in [2.24, 2.45) is 0 Å². The molecule has 0 radical (unpaired) electrons. The molecular weight excluding hydrogens is 308 g/mol. The van der Waals surface area contributed by atoms with E-state index in [2.05, 4.69) is 15.7 Å². The first-order chi connectivity index (χ1) is 11.1. The Balaban J connectivity index is 1.72. The second-order valence-electron chi connectivity index (χ2n) is 5.20. The Labute approximate surface area is 138 Å². The van der Waals surface area contributed by atoms with Crippen LogP contribution in [-0.2, 0) is 11.2 Å². The zero-order valence-electron chi connectivity index (χ0n) is 12.8. The molecule has 0 unspecified atom stereocenters. The maximum Gasteiger partial charge on any atom is 0.232 e. The van der Waals surface area contributed by atoms with Crippen molar-refractivity contribution in [3.8, 4) is 11.3 Å². The molecule has 0 aliphatic rings. The summed E-state index contributed by atoms with van der Waals surface area (Å²) in [7, 11) is 1.76. The molecule has 3 rings (SSSR count). The van der Waals surface area contributed by atoms with Crippen molar-refractivity contribution in [1.29, 1.82) is 0 Å². The zero-order valence-corrected chi connectivity index (χ0v) is 13.6. The summed E-state index contributed by atoms with van der Waals surface area (Å²) in [5.74, 6) is 0.0115. The number of nitrogens with zero attached hydrogens (tertiary/aromatic N) is 3. The van der Waals surface area contributed by atoms with E-state index in [0.29, 0.717) is 11.6 Å². The lowest BCUT2D eigenvalue weighted by Crippen LogP contribution is -2.39. The van der Waals surface area contributed by atoms with Crippen LogP contribution in [0.5, 0.6) is 0 Å². The monoisotopic (exact) mass is 325 g/mol. The van der Waals surface area contributed by atoms with Gasteiger partial charge in [-0.15, -0.1) is 11.3 Å². The van der Waals surface area contributed by atoms with Crippen LogP contribution in [0.4, 0.5) is 10.8 Å². The molecule has 2 aromatic heterocycles. The van der Waals surface area contributed by atoms with E-state index < -0.39 is 0 Å². The molecule has 1 amide bonds. The summed E-state index contributed by atoms with van der Waals surface area (Å²) in [6.45, 7) is 0. The average molecular weight is 325 g/mol. The quantitative estimate of drug-likeness (QED) is 0.800.